The second kappa shape index (κ2) is 9.03. The van der Waals surface area contributed by atoms with Gasteiger partial charge in [-0.3, -0.25) is 14.4 Å². The molecule has 0 aliphatic carbocycles. The molecule has 33 heavy (non-hydrogen) atoms. The minimum absolute atomic E-state index is 0.0230. The lowest BCUT2D eigenvalue weighted by Gasteiger charge is -2.40. The van der Waals surface area contributed by atoms with Crippen LogP contribution in [0.2, 0.25) is 0 Å². The molecule has 2 atom stereocenters. The van der Waals surface area contributed by atoms with Gasteiger partial charge in [0, 0.05) is 27.6 Å². The number of aryl methyl sites for hydroxylation is 1. The monoisotopic (exact) mass is 477 g/mol. The Balaban J connectivity index is 1.45. The number of rotatable bonds is 4. The summed E-state index contributed by atoms with van der Waals surface area (Å²) in [4.78, 5) is 42.1. The van der Waals surface area contributed by atoms with E-state index in [4.69, 9.17) is 0 Å². The number of anilines is 3. The molecule has 2 aromatic carbocycles. The predicted molar refractivity (Wildman–Crippen MR) is 133 cm³/mol. The molecule has 1 saturated heterocycles. The highest BCUT2D eigenvalue weighted by Gasteiger charge is 2.42. The van der Waals surface area contributed by atoms with E-state index in [1.807, 2.05) is 60.8 Å². The summed E-state index contributed by atoms with van der Waals surface area (Å²) in [5, 5.41) is 7.87. The molecule has 2 aliphatic heterocycles. The highest BCUT2D eigenvalue weighted by atomic mass is 32.2. The fraction of sp³-hybridized carbons (Fsp3) is 0.240. The summed E-state index contributed by atoms with van der Waals surface area (Å²) < 4.78 is 0. The molecule has 5 rings (SSSR count). The van der Waals surface area contributed by atoms with Gasteiger partial charge in [-0.2, -0.15) is 0 Å². The second-order valence-corrected chi connectivity index (χ2v) is 10.2. The van der Waals surface area contributed by atoms with Gasteiger partial charge in [-0.15, -0.1) is 23.1 Å². The van der Waals surface area contributed by atoms with Crippen LogP contribution >= 0.6 is 23.1 Å². The number of nitrogens with zero attached hydrogens (tertiary/aromatic N) is 1. The number of amides is 3. The highest BCUT2D eigenvalue weighted by Crippen LogP contribution is 2.42. The molecule has 0 bridgehead atoms. The smallest absolute Gasteiger partial charge is 0.234 e. The van der Waals surface area contributed by atoms with E-state index in [0.29, 0.717) is 30.0 Å². The van der Waals surface area contributed by atoms with Crippen molar-refractivity contribution in [3.63, 3.8) is 0 Å². The number of hydrogen-bond donors (Lipinski definition) is 2. The van der Waals surface area contributed by atoms with Crippen LogP contribution in [0.3, 0.4) is 0 Å². The molecule has 3 heterocycles. The van der Waals surface area contributed by atoms with Gasteiger partial charge in [0.2, 0.25) is 17.7 Å². The zero-order chi connectivity index (χ0) is 22.9. The molecule has 168 valence electrons. The van der Waals surface area contributed by atoms with Crippen LogP contribution < -0.4 is 15.5 Å². The van der Waals surface area contributed by atoms with E-state index in [2.05, 4.69) is 10.6 Å². The molecule has 2 N–H and O–H groups in total. The van der Waals surface area contributed by atoms with Crippen molar-refractivity contribution in [1.29, 1.82) is 0 Å². The SMILES string of the molecule is Cc1ccc(N2C(=O)CCC(C(=O)Nc3ccc4c(c3)NC(=O)CS4)C2c2cccs2)cc1. The molecule has 3 amide bonds. The Bertz CT molecular complexity index is 1210. The third kappa shape index (κ3) is 4.41. The van der Waals surface area contributed by atoms with Crippen molar-refractivity contribution in [2.24, 2.45) is 5.92 Å². The number of fused-ring (bicyclic) bond motifs is 1. The highest BCUT2D eigenvalue weighted by molar-refractivity contribution is 8.00. The molecule has 2 aliphatic rings. The molecule has 0 radical (unpaired) electrons. The fourth-order valence-corrected chi connectivity index (χ4v) is 6.03. The normalized spacial score (nSPS) is 20.2. The first-order chi connectivity index (χ1) is 16.0. The molecular formula is C25H23N3O3S2. The van der Waals surface area contributed by atoms with E-state index in [0.717, 1.165) is 21.0 Å². The van der Waals surface area contributed by atoms with Gasteiger partial charge in [0.15, 0.2) is 0 Å². The van der Waals surface area contributed by atoms with E-state index >= 15 is 0 Å². The van der Waals surface area contributed by atoms with Gasteiger partial charge in [-0.1, -0.05) is 23.8 Å². The summed E-state index contributed by atoms with van der Waals surface area (Å²) in [6.45, 7) is 2.01. The Hall–Kier alpha value is -3.10. The average molecular weight is 478 g/mol. The minimum atomic E-state index is -0.400. The van der Waals surface area contributed by atoms with Gasteiger partial charge in [-0.05, 0) is 55.1 Å². The van der Waals surface area contributed by atoms with E-state index in [-0.39, 0.29) is 23.8 Å². The Morgan fingerprint density at radius 1 is 1.12 bits per heavy atom. The number of nitrogens with one attached hydrogen (secondary N) is 2. The van der Waals surface area contributed by atoms with Crippen molar-refractivity contribution in [2.75, 3.05) is 21.3 Å². The largest absolute Gasteiger partial charge is 0.326 e. The van der Waals surface area contributed by atoms with Crippen LogP contribution in [0.25, 0.3) is 0 Å². The van der Waals surface area contributed by atoms with Crippen LogP contribution in [-0.4, -0.2) is 23.5 Å². The Morgan fingerprint density at radius 3 is 2.70 bits per heavy atom. The van der Waals surface area contributed by atoms with Gasteiger partial charge in [0.1, 0.15) is 0 Å². The molecule has 6 nitrogen and oxygen atoms in total. The first kappa shape index (κ1) is 21.7. The molecule has 0 spiro atoms. The van der Waals surface area contributed by atoms with Gasteiger partial charge >= 0.3 is 0 Å². The Kier molecular flexibility index (Phi) is 5.95. The fourth-order valence-electron chi connectivity index (χ4n) is 4.36. The average Bonchev–Trinajstić information content (AvgIpc) is 3.34. The van der Waals surface area contributed by atoms with Crippen LogP contribution in [0, 0.1) is 12.8 Å². The quantitative estimate of drug-likeness (QED) is 0.540. The zero-order valence-electron chi connectivity index (χ0n) is 18.0. The summed E-state index contributed by atoms with van der Waals surface area (Å²) in [7, 11) is 0. The third-order valence-corrected chi connectivity index (χ3v) is 7.98. The van der Waals surface area contributed by atoms with Crippen molar-refractivity contribution in [3.8, 4) is 0 Å². The molecule has 1 aromatic heterocycles. The lowest BCUT2D eigenvalue weighted by atomic mass is 9.86. The van der Waals surface area contributed by atoms with E-state index < -0.39 is 5.92 Å². The molecule has 8 heteroatoms. The topological polar surface area (TPSA) is 78.5 Å². The molecule has 2 unspecified atom stereocenters. The molecular weight excluding hydrogens is 454 g/mol. The van der Waals surface area contributed by atoms with E-state index in [9.17, 15) is 14.4 Å². The summed E-state index contributed by atoms with van der Waals surface area (Å²) in [5.41, 5.74) is 3.26. The maximum Gasteiger partial charge on any atom is 0.234 e. The maximum absolute atomic E-state index is 13.5. The Morgan fingerprint density at radius 2 is 1.94 bits per heavy atom. The van der Waals surface area contributed by atoms with Crippen molar-refractivity contribution in [3.05, 3.63) is 70.4 Å². The lowest BCUT2D eigenvalue weighted by Crippen LogP contribution is -2.46. The van der Waals surface area contributed by atoms with Crippen molar-refractivity contribution in [2.45, 2.75) is 30.7 Å². The number of carbonyl (C=O) groups is 3. The van der Waals surface area contributed by atoms with Crippen LogP contribution in [-0.2, 0) is 14.4 Å². The van der Waals surface area contributed by atoms with Crippen LogP contribution in [0.1, 0.15) is 29.3 Å². The first-order valence-electron chi connectivity index (χ1n) is 10.8. The standard InChI is InChI=1S/C25H23N3O3S2/c1-15-4-7-17(8-5-15)28-23(30)11-9-18(24(28)21-3-2-12-32-21)25(31)26-16-6-10-20-19(13-16)27-22(29)14-33-20/h2-8,10,12-13,18,24H,9,11,14H2,1H3,(H,26,31)(H,27,29). The minimum Gasteiger partial charge on any atom is -0.326 e. The van der Waals surface area contributed by atoms with Crippen LogP contribution in [0.5, 0.6) is 0 Å². The number of thioether (sulfide) groups is 1. The number of piperidine rings is 1. The summed E-state index contributed by atoms with van der Waals surface area (Å²) in [6, 6.07) is 17.0. The summed E-state index contributed by atoms with van der Waals surface area (Å²) >= 11 is 3.04. The first-order valence-corrected chi connectivity index (χ1v) is 12.7. The van der Waals surface area contributed by atoms with Crippen molar-refractivity contribution in [1.82, 2.24) is 0 Å². The summed E-state index contributed by atoms with van der Waals surface area (Å²) in [6.07, 6.45) is 0.790. The predicted octanol–water partition coefficient (Wildman–Crippen LogP) is 5.22. The second-order valence-electron chi connectivity index (χ2n) is 8.24. The number of benzene rings is 2. The third-order valence-electron chi connectivity index (χ3n) is 5.96. The Labute approximate surface area is 200 Å². The van der Waals surface area contributed by atoms with Crippen LogP contribution in [0.15, 0.2) is 64.9 Å². The molecule has 3 aromatic rings. The van der Waals surface area contributed by atoms with Gasteiger partial charge in [-0.25, -0.2) is 0 Å². The van der Waals surface area contributed by atoms with Gasteiger partial charge < -0.3 is 15.5 Å². The maximum atomic E-state index is 13.5. The van der Waals surface area contributed by atoms with Crippen molar-refractivity contribution < 1.29 is 14.4 Å². The van der Waals surface area contributed by atoms with Crippen molar-refractivity contribution >= 4 is 57.9 Å². The summed E-state index contributed by atoms with van der Waals surface area (Å²) in [5.74, 6) is -0.162. The van der Waals surface area contributed by atoms with E-state index in [1.54, 1.807) is 22.3 Å². The molecule has 1 fully saturated rings. The van der Waals surface area contributed by atoms with Crippen LogP contribution in [0.4, 0.5) is 17.1 Å². The van der Waals surface area contributed by atoms with Gasteiger partial charge in [0.25, 0.3) is 0 Å². The molecule has 0 saturated carbocycles. The number of thiophene rings is 1. The van der Waals surface area contributed by atoms with E-state index in [1.165, 1.54) is 11.8 Å². The number of carbonyl (C=O) groups excluding carboxylic acids is 3. The number of hydrogen-bond acceptors (Lipinski definition) is 5. The lowest BCUT2D eigenvalue weighted by molar-refractivity contribution is -0.126. The van der Waals surface area contributed by atoms with Gasteiger partial charge in [0.05, 0.1) is 23.4 Å². The zero-order valence-corrected chi connectivity index (χ0v) is 19.7.